The van der Waals surface area contributed by atoms with Gasteiger partial charge >= 0.3 is 0 Å². The van der Waals surface area contributed by atoms with Gasteiger partial charge in [0.2, 0.25) is 5.91 Å². The zero-order valence-corrected chi connectivity index (χ0v) is 19.0. The van der Waals surface area contributed by atoms with Gasteiger partial charge in [0.1, 0.15) is 6.33 Å². The van der Waals surface area contributed by atoms with Crippen molar-refractivity contribution in [3.8, 4) is 5.69 Å². The van der Waals surface area contributed by atoms with Gasteiger partial charge in [0, 0.05) is 24.0 Å². The van der Waals surface area contributed by atoms with E-state index in [9.17, 15) is 4.79 Å². The largest absolute Gasteiger partial charge is 0.341 e. The number of halogens is 1. The van der Waals surface area contributed by atoms with Gasteiger partial charge < -0.3 is 4.90 Å². The van der Waals surface area contributed by atoms with Crippen molar-refractivity contribution >= 4 is 50.8 Å². The van der Waals surface area contributed by atoms with E-state index in [1.165, 1.54) is 16.5 Å². The lowest BCUT2D eigenvalue weighted by molar-refractivity contribution is -0.129. The number of fused-ring (bicyclic) bond motifs is 1. The van der Waals surface area contributed by atoms with Gasteiger partial charge in [-0.15, -0.1) is 21.5 Å². The number of para-hydroxylation sites is 1. The number of rotatable bonds is 5. The highest BCUT2D eigenvalue weighted by molar-refractivity contribution is 7.99. The molecule has 0 bridgehead atoms. The molecule has 1 saturated heterocycles. The van der Waals surface area contributed by atoms with Crippen LogP contribution in [0.25, 0.3) is 15.9 Å². The summed E-state index contributed by atoms with van der Waals surface area (Å²) in [5.74, 6) is 0.748. The summed E-state index contributed by atoms with van der Waals surface area (Å²) < 4.78 is 3.06. The summed E-state index contributed by atoms with van der Waals surface area (Å²) in [5, 5.41) is 10.6. The fraction of sp³-hybridized carbons (Fsp3) is 0.273. The Morgan fingerprint density at radius 1 is 1.23 bits per heavy atom. The predicted molar refractivity (Wildman–Crippen MR) is 125 cm³/mol. The topological polar surface area (TPSA) is 63.9 Å². The quantitative estimate of drug-likeness (QED) is 0.383. The van der Waals surface area contributed by atoms with E-state index in [0.29, 0.717) is 21.8 Å². The molecule has 3 heterocycles. The van der Waals surface area contributed by atoms with E-state index in [2.05, 4.69) is 16.3 Å². The fourth-order valence-corrected chi connectivity index (χ4v) is 5.92. The normalized spacial score (nSPS) is 16.7. The van der Waals surface area contributed by atoms with Crippen molar-refractivity contribution in [1.29, 1.82) is 0 Å². The Hall–Kier alpha value is -2.42. The van der Waals surface area contributed by atoms with Crippen LogP contribution in [0.15, 0.2) is 60.0 Å². The first-order valence-corrected chi connectivity index (χ1v) is 12.3. The molecule has 1 aliphatic rings. The van der Waals surface area contributed by atoms with Gasteiger partial charge in [-0.1, -0.05) is 41.6 Å². The van der Waals surface area contributed by atoms with Crippen molar-refractivity contribution in [1.82, 2.24) is 24.6 Å². The minimum atomic E-state index is 0.122. The predicted octanol–water partition coefficient (Wildman–Crippen LogP) is 5.03. The average molecular weight is 470 g/mol. The summed E-state index contributed by atoms with van der Waals surface area (Å²) in [6.07, 6.45) is 3.71. The van der Waals surface area contributed by atoms with Crippen molar-refractivity contribution in [2.75, 3.05) is 18.8 Å². The SMILES string of the molecule is O=C(CSc1nncn1-c1cccc(Cl)c1)N1CCC[C@H](c2nc3ccccc3s2)C1. The highest BCUT2D eigenvalue weighted by Crippen LogP contribution is 2.33. The van der Waals surface area contributed by atoms with Gasteiger partial charge in [0.15, 0.2) is 5.16 Å². The number of hydrogen-bond acceptors (Lipinski definition) is 6. The van der Waals surface area contributed by atoms with E-state index >= 15 is 0 Å². The maximum absolute atomic E-state index is 13.0. The molecule has 1 atom stereocenters. The molecule has 0 aliphatic carbocycles. The number of carbonyl (C=O) groups excluding carboxylic acids is 1. The standard InChI is InChI=1S/C22H20ClN5OS2/c23-16-6-3-7-17(11-16)28-14-24-26-22(28)30-13-20(29)27-10-4-5-15(12-27)21-25-18-8-1-2-9-19(18)31-21/h1-3,6-9,11,14-15H,4-5,10,12-13H2/t15-/m0/s1. The third kappa shape index (κ3) is 4.46. The lowest BCUT2D eigenvalue weighted by Gasteiger charge is -2.31. The van der Waals surface area contributed by atoms with Crippen LogP contribution >= 0.6 is 34.7 Å². The van der Waals surface area contributed by atoms with Crippen molar-refractivity contribution in [3.63, 3.8) is 0 Å². The summed E-state index contributed by atoms with van der Waals surface area (Å²) in [6, 6.07) is 15.7. The molecule has 2 aromatic heterocycles. The molecular formula is C22H20ClN5OS2. The van der Waals surface area contributed by atoms with Crippen molar-refractivity contribution < 1.29 is 4.79 Å². The van der Waals surface area contributed by atoms with Crippen molar-refractivity contribution in [2.24, 2.45) is 0 Å². The van der Waals surface area contributed by atoms with Gasteiger partial charge in [0.25, 0.3) is 0 Å². The third-order valence-corrected chi connectivity index (χ3v) is 7.72. The number of aromatic nitrogens is 4. The molecule has 0 unspecified atom stereocenters. The number of benzene rings is 2. The summed E-state index contributed by atoms with van der Waals surface area (Å²) in [7, 11) is 0. The van der Waals surface area contributed by atoms with Gasteiger partial charge in [-0.25, -0.2) is 4.98 Å². The van der Waals surface area contributed by atoms with Crippen LogP contribution in [0.2, 0.25) is 5.02 Å². The molecule has 0 N–H and O–H groups in total. The third-order valence-electron chi connectivity index (χ3n) is 5.36. The zero-order valence-electron chi connectivity index (χ0n) is 16.6. The number of piperidine rings is 1. The van der Waals surface area contributed by atoms with Crippen molar-refractivity contribution in [2.45, 2.75) is 23.9 Å². The molecule has 31 heavy (non-hydrogen) atoms. The van der Waals surface area contributed by atoms with E-state index < -0.39 is 0 Å². The minimum absolute atomic E-state index is 0.122. The Morgan fingerprint density at radius 2 is 2.13 bits per heavy atom. The molecule has 1 fully saturated rings. The summed E-state index contributed by atoms with van der Waals surface area (Å²) in [5.41, 5.74) is 1.92. The molecule has 0 spiro atoms. The Bertz CT molecular complexity index is 1190. The van der Waals surface area contributed by atoms with Gasteiger partial charge in [-0.3, -0.25) is 9.36 Å². The molecule has 2 aromatic carbocycles. The molecule has 1 aliphatic heterocycles. The highest BCUT2D eigenvalue weighted by Gasteiger charge is 2.27. The second-order valence-corrected chi connectivity index (χ2v) is 9.89. The van der Waals surface area contributed by atoms with Crippen LogP contribution in [0.3, 0.4) is 0 Å². The maximum atomic E-state index is 13.0. The average Bonchev–Trinajstić information content (AvgIpc) is 3.44. The Balaban J connectivity index is 1.24. The number of hydrogen-bond donors (Lipinski definition) is 0. The van der Waals surface area contributed by atoms with Crippen molar-refractivity contribution in [3.05, 3.63) is 64.9 Å². The smallest absolute Gasteiger partial charge is 0.233 e. The lowest BCUT2D eigenvalue weighted by atomic mass is 9.99. The minimum Gasteiger partial charge on any atom is -0.341 e. The van der Waals surface area contributed by atoms with Crippen LogP contribution in [-0.2, 0) is 4.79 Å². The van der Waals surface area contributed by atoms with Gasteiger partial charge in [-0.2, -0.15) is 0 Å². The second-order valence-electron chi connectivity index (χ2n) is 7.45. The molecule has 9 heteroatoms. The van der Waals surface area contributed by atoms with E-state index in [4.69, 9.17) is 16.6 Å². The molecule has 158 valence electrons. The van der Waals surface area contributed by atoms with Crippen LogP contribution < -0.4 is 0 Å². The summed E-state index contributed by atoms with van der Waals surface area (Å²) in [6.45, 7) is 1.52. The first-order chi connectivity index (χ1) is 15.2. The fourth-order valence-electron chi connectivity index (χ4n) is 3.81. The Kier molecular flexibility index (Phi) is 5.93. The summed E-state index contributed by atoms with van der Waals surface area (Å²) in [4.78, 5) is 19.7. The molecule has 4 aromatic rings. The monoisotopic (exact) mass is 469 g/mol. The van der Waals surface area contributed by atoms with Crippen LogP contribution in [0.5, 0.6) is 0 Å². The number of thioether (sulfide) groups is 1. The van der Waals surface area contributed by atoms with E-state index in [1.807, 2.05) is 51.9 Å². The van der Waals surface area contributed by atoms with E-state index in [0.717, 1.165) is 42.1 Å². The van der Waals surface area contributed by atoms with E-state index in [1.54, 1.807) is 17.7 Å². The molecule has 6 nitrogen and oxygen atoms in total. The Labute approximate surface area is 193 Å². The maximum Gasteiger partial charge on any atom is 0.233 e. The highest BCUT2D eigenvalue weighted by atomic mass is 35.5. The molecule has 0 radical (unpaired) electrons. The first kappa shape index (κ1) is 20.5. The van der Waals surface area contributed by atoms with Crippen LogP contribution in [-0.4, -0.2) is 49.4 Å². The Morgan fingerprint density at radius 3 is 3.00 bits per heavy atom. The molecular weight excluding hydrogens is 450 g/mol. The number of likely N-dealkylation sites (tertiary alicyclic amines) is 1. The van der Waals surface area contributed by atoms with Gasteiger partial charge in [-0.05, 0) is 43.2 Å². The summed E-state index contributed by atoms with van der Waals surface area (Å²) >= 11 is 9.25. The van der Waals surface area contributed by atoms with Crippen LogP contribution in [0.4, 0.5) is 0 Å². The number of amides is 1. The van der Waals surface area contributed by atoms with Gasteiger partial charge in [0.05, 0.1) is 26.7 Å². The molecule has 0 saturated carbocycles. The zero-order chi connectivity index (χ0) is 21.2. The van der Waals surface area contributed by atoms with Crippen LogP contribution in [0.1, 0.15) is 23.8 Å². The van der Waals surface area contributed by atoms with Crippen LogP contribution in [0, 0.1) is 0 Å². The van der Waals surface area contributed by atoms with E-state index in [-0.39, 0.29) is 5.91 Å². The number of nitrogens with zero attached hydrogens (tertiary/aromatic N) is 5. The lowest BCUT2D eigenvalue weighted by Crippen LogP contribution is -2.40. The first-order valence-electron chi connectivity index (χ1n) is 10.1. The molecule has 1 amide bonds. The molecule has 5 rings (SSSR count). The number of thiazole rings is 1. The second kappa shape index (κ2) is 8.98. The number of carbonyl (C=O) groups is 1.